The van der Waals surface area contributed by atoms with Gasteiger partial charge < -0.3 is 0 Å². The van der Waals surface area contributed by atoms with Gasteiger partial charge in [-0.3, -0.25) is 0 Å². The van der Waals surface area contributed by atoms with Gasteiger partial charge in [-0.25, -0.2) is 19.3 Å². The summed E-state index contributed by atoms with van der Waals surface area (Å²) in [5, 5.41) is 0. The first-order valence-corrected chi connectivity index (χ1v) is 7.29. The van der Waals surface area contributed by atoms with Gasteiger partial charge in [-0.2, -0.15) is 0 Å². The van der Waals surface area contributed by atoms with Crippen LogP contribution in [0, 0.1) is 5.82 Å². The molecule has 1 aromatic heterocycles. The third kappa shape index (κ3) is 4.07. The summed E-state index contributed by atoms with van der Waals surface area (Å²) < 4.78 is 14.0. The molecule has 0 aliphatic rings. The zero-order valence-corrected chi connectivity index (χ0v) is 13.2. The van der Waals surface area contributed by atoms with Crippen molar-refractivity contribution in [2.24, 2.45) is 0 Å². The first-order chi connectivity index (χ1) is 11.2. The minimum absolute atomic E-state index is 0.300. The lowest BCUT2D eigenvalue weighted by molar-refractivity contribution is 0.629. The Morgan fingerprint density at radius 2 is 1.87 bits per heavy atom. The van der Waals surface area contributed by atoms with E-state index in [1.54, 1.807) is 30.4 Å². The molecule has 4 heteroatoms. The summed E-state index contributed by atoms with van der Waals surface area (Å²) in [6, 6.07) is 6.42. The lowest BCUT2D eigenvalue weighted by Gasteiger charge is -2.06. The average molecular weight is 307 g/mol. The number of aromatic nitrogens is 3. The number of rotatable bonds is 5. The highest BCUT2D eigenvalue weighted by Crippen LogP contribution is 2.21. The third-order valence-electron chi connectivity index (χ3n) is 3.11. The molecule has 0 bridgehead atoms. The minimum atomic E-state index is -0.367. The fourth-order valence-electron chi connectivity index (χ4n) is 1.95. The van der Waals surface area contributed by atoms with Crippen LogP contribution in [0.15, 0.2) is 61.2 Å². The van der Waals surface area contributed by atoms with E-state index in [0.29, 0.717) is 23.0 Å². The zero-order chi connectivity index (χ0) is 16.7. The van der Waals surface area contributed by atoms with Crippen molar-refractivity contribution in [3.63, 3.8) is 0 Å². The fraction of sp³-hybridized carbons (Fsp3) is 0.105. The third-order valence-corrected chi connectivity index (χ3v) is 3.11. The summed E-state index contributed by atoms with van der Waals surface area (Å²) in [7, 11) is 0. The van der Waals surface area contributed by atoms with Gasteiger partial charge in [-0.15, -0.1) is 0 Å². The van der Waals surface area contributed by atoms with E-state index in [9.17, 15) is 4.39 Å². The van der Waals surface area contributed by atoms with Gasteiger partial charge >= 0.3 is 0 Å². The number of halogens is 1. The summed E-state index contributed by atoms with van der Waals surface area (Å²) in [5.41, 5.74) is 1.11. The van der Waals surface area contributed by atoms with Crippen molar-refractivity contribution in [3.05, 3.63) is 78.7 Å². The highest BCUT2D eigenvalue weighted by atomic mass is 19.1. The molecular formula is C19H18FN3. The van der Waals surface area contributed by atoms with E-state index in [2.05, 4.69) is 21.5 Å². The van der Waals surface area contributed by atoms with Crippen LogP contribution in [0.1, 0.15) is 25.5 Å². The molecule has 0 saturated heterocycles. The molecule has 3 nitrogen and oxygen atoms in total. The van der Waals surface area contributed by atoms with Gasteiger partial charge in [0.15, 0.2) is 17.5 Å². The molecule has 1 heterocycles. The first-order valence-electron chi connectivity index (χ1n) is 7.29. The van der Waals surface area contributed by atoms with E-state index in [4.69, 9.17) is 0 Å². The fourth-order valence-corrected chi connectivity index (χ4v) is 1.95. The Labute approximate surface area is 135 Å². The number of hydrogen-bond donors (Lipinski definition) is 0. The summed E-state index contributed by atoms with van der Waals surface area (Å²) in [5.74, 6) is 0.867. The normalized spacial score (nSPS) is 12.2. The molecule has 0 unspecified atom stereocenters. The van der Waals surface area contributed by atoms with Crippen LogP contribution in [-0.2, 0) is 0 Å². The predicted molar refractivity (Wildman–Crippen MR) is 92.9 cm³/mol. The number of nitrogens with zero attached hydrogens (tertiary/aromatic N) is 3. The molecule has 0 spiro atoms. The summed E-state index contributed by atoms with van der Waals surface area (Å²) in [6.45, 7) is 7.56. The molecule has 0 amide bonds. The molecule has 2 aromatic rings. The Bertz CT molecular complexity index is 789. The Balaban J connectivity index is 2.62. The highest BCUT2D eigenvalue weighted by Gasteiger charge is 2.12. The Kier molecular flexibility index (Phi) is 5.69. The van der Waals surface area contributed by atoms with E-state index >= 15 is 0 Å². The smallest absolute Gasteiger partial charge is 0.167 e. The van der Waals surface area contributed by atoms with Crippen LogP contribution in [0.4, 0.5) is 4.39 Å². The monoisotopic (exact) mass is 307 g/mol. The van der Waals surface area contributed by atoms with Crippen molar-refractivity contribution in [2.75, 3.05) is 0 Å². The van der Waals surface area contributed by atoms with Gasteiger partial charge in [0.1, 0.15) is 5.82 Å². The topological polar surface area (TPSA) is 38.7 Å². The van der Waals surface area contributed by atoms with E-state index < -0.39 is 0 Å². The van der Waals surface area contributed by atoms with Crippen LogP contribution in [-0.4, -0.2) is 15.0 Å². The molecule has 23 heavy (non-hydrogen) atoms. The second kappa shape index (κ2) is 7.94. The zero-order valence-electron chi connectivity index (χ0n) is 13.2. The largest absolute Gasteiger partial charge is 0.209 e. The van der Waals surface area contributed by atoms with E-state index in [-0.39, 0.29) is 5.82 Å². The van der Waals surface area contributed by atoms with Gasteiger partial charge in [-0.1, -0.05) is 49.1 Å². The maximum atomic E-state index is 14.0. The van der Waals surface area contributed by atoms with Gasteiger partial charge in [0, 0.05) is 5.57 Å². The van der Waals surface area contributed by atoms with Crippen molar-refractivity contribution in [3.8, 4) is 11.4 Å². The molecule has 1 aromatic carbocycles. The van der Waals surface area contributed by atoms with Gasteiger partial charge in [0.25, 0.3) is 0 Å². The molecule has 0 aliphatic heterocycles. The predicted octanol–water partition coefficient (Wildman–Crippen LogP) is 4.86. The molecule has 116 valence electrons. The lowest BCUT2D eigenvalue weighted by atomic mass is 10.2. The second-order valence-corrected chi connectivity index (χ2v) is 4.65. The maximum absolute atomic E-state index is 14.0. The van der Waals surface area contributed by atoms with Crippen molar-refractivity contribution in [1.29, 1.82) is 0 Å². The van der Waals surface area contributed by atoms with Crippen LogP contribution in [0.2, 0.25) is 0 Å². The average Bonchev–Trinajstić information content (AvgIpc) is 2.56. The van der Waals surface area contributed by atoms with Gasteiger partial charge in [0.05, 0.1) is 5.56 Å². The van der Waals surface area contributed by atoms with Crippen LogP contribution in [0.3, 0.4) is 0 Å². The van der Waals surface area contributed by atoms with Crippen LogP contribution in [0.25, 0.3) is 23.0 Å². The molecule has 0 fully saturated rings. The Morgan fingerprint density at radius 3 is 2.52 bits per heavy atom. The van der Waals surface area contributed by atoms with Crippen molar-refractivity contribution in [1.82, 2.24) is 15.0 Å². The minimum Gasteiger partial charge on any atom is -0.209 e. The molecule has 0 N–H and O–H groups in total. The van der Waals surface area contributed by atoms with E-state index in [1.165, 1.54) is 6.07 Å². The van der Waals surface area contributed by atoms with E-state index in [1.807, 2.05) is 38.2 Å². The number of allylic oxidation sites excluding steroid dienone is 6. The van der Waals surface area contributed by atoms with Crippen molar-refractivity contribution >= 4 is 11.6 Å². The van der Waals surface area contributed by atoms with Crippen LogP contribution < -0.4 is 0 Å². The quantitative estimate of drug-likeness (QED) is 0.741. The summed E-state index contributed by atoms with van der Waals surface area (Å²) in [6.07, 6.45) is 10.9. The van der Waals surface area contributed by atoms with E-state index in [0.717, 1.165) is 5.57 Å². The summed E-state index contributed by atoms with van der Waals surface area (Å²) in [4.78, 5) is 13.1. The standard InChI is InChI=1S/C19H18FN3/c1-4-7-8-13-17-21-18(14(5-2)6-3)23-19(22-17)15-11-9-10-12-16(15)20/h4-13H,2H2,1,3H3/b7-4-,13-8+,14-6+. The molecular weight excluding hydrogens is 289 g/mol. The SMILES string of the molecule is C=C/C(=C\C)c1nc(/C=C/C=C\C)nc(-c2ccccc2F)n1. The molecule has 0 saturated carbocycles. The highest BCUT2D eigenvalue weighted by molar-refractivity contribution is 5.70. The Hall–Kier alpha value is -2.88. The molecule has 2 rings (SSSR count). The van der Waals surface area contributed by atoms with Crippen LogP contribution in [0.5, 0.6) is 0 Å². The number of hydrogen-bond acceptors (Lipinski definition) is 3. The van der Waals surface area contributed by atoms with Crippen molar-refractivity contribution in [2.45, 2.75) is 13.8 Å². The van der Waals surface area contributed by atoms with Gasteiger partial charge in [0.2, 0.25) is 0 Å². The lowest BCUT2D eigenvalue weighted by Crippen LogP contribution is -2.02. The second-order valence-electron chi connectivity index (χ2n) is 4.65. The van der Waals surface area contributed by atoms with Crippen molar-refractivity contribution < 1.29 is 4.39 Å². The molecule has 0 radical (unpaired) electrons. The maximum Gasteiger partial charge on any atom is 0.167 e. The first kappa shape index (κ1) is 16.5. The number of benzene rings is 1. The van der Waals surface area contributed by atoms with Crippen LogP contribution >= 0.6 is 0 Å². The molecule has 0 aliphatic carbocycles. The molecule has 0 atom stereocenters. The Morgan fingerprint density at radius 1 is 1.09 bits per heavy atom. The summed E-state index contributed by atoms with van der Waals surface area (Å²) >= 11 is 0. The van der Waals surface area contributed by atoms with Gasteiger partial charge in [-0.05, 0) is 32.1 Å².